The van der Waals surface area contributed by atoms with Gasteiger partial charge in [-0.3, -0.25) is 14.3 Å². The fraction of sp³-hybridized carbons (Fsp3) is 0.304. The van der Waals surface area contributed by atoms with Crippen LogP contribution in [0.5, 0.6) is 28.7 Å². The first-order chi connectivity index (χ1) is 16.7. The highest BCUT2D eigenvalue weighted by Gasteiger charge is 2.17. The van der Waals surface area contributed by atoms with Crippen LogP contribution in [-0.4, -0.2) is 55.4 Å². The third-order valence-corrected chi connectivity index (χ3v) is 5.42. The summed E-state index contributed by atoms with van der Waals surface area (Å²) in [5, 5.41) is 0.927. The summed E-state index contributed by atoms with van der Waals surface area (Å²) >= 11 is 0. The molecule has 190 valence electrons. The van der Waals surface area contributed by atoms with E-state index in [1.165, 1.54) is 52.7 Å². The van der Waals surface area contributed by atoms with Crippen molar-refractivity contribution >= 4 is 33.7 Å². The Balaban J connectivity index is 2.26. The van der Waals surface area contributed by atoms with Crippen molar-refractivity contribution in [1.29, 1.82) is 0 Å². The van der Waals surface area contributed by atoms with Crippen molar-refractivity contribution in [1.82, 2.24) is 0 Å². The maximum absolute atomic E-state index is 12.7. The molecule has 0 bridgehead atoms. The number of carbonyl (C=O) groups is 2. The summed E-state index contributed by atoms with van der Waals surface area (Å²) < 4.78 is 58.6. The van der Waals surface area contributed by atoms with Crippen molar-refractivity contribution in [2.45, 2.75) is 13.3 Å². The average molecular weight is 510 g/mol. The number of carbonyl (C=O) groups excluding carboxylic acids is 2. The van der Waals surface area contributed by atoms with Crippen molar-refractivity contribution in [2.75, 3.05) is 39.8 Å². The number of esters is 2. The SMILES string of the molecule is CCOC(=O)CC(=O)Oc1cc(NS(=O)(=O)C=Cc2c(OC)cc(OC)cc2OC)ccc1OC. The van der Waals surface area contributed by atoms with Gasteiger partial charge in [0.05, 0.1) is 51.7 Å². The van der Waals surface area contributed by atoms with Gasteiger partial charge in [0.2, 0.25) is 0 Å². The molecule has 2 rings (SSSR count). The molecule has 11 nitrogen and oxygen atoms in total. The van der Waals surface area contributed by atoms with Crippen LogP contribution < -0.4 is 28.4 Å². The Hall–Kier alpha value is -3.93. The maximum Gasteiger partial charge on any atom is 0.322 e. The molecule has 1 N–H and O–H groups in total. The minimum atomic E-state index is -4.02. The van der Waals surface area contributed by atoms with Crippen LogP contribution in [0, 0.1) is 0 Å². The molecule has 0 aliphatic heterocycles. The van der Waals surface area contributed by atoms with Crippen LogP contribution in [0.25, 0.3) is 6.08 Å². The second-order valence-corrected chi connectivity index (χ2v) is 8.28. The Labute approximate surface area is 203 Å². The highest BCUT2D eigenvalue weighted by molar-refractivity contribution is 7.95. The van der Waals surface area contributed by atoms with Gasteiger partial charge in [0, 0.05) is 18.2 Å². The van der Waals surface area contributed by atoms with E-state index in [1.807, 2.05) is 0 Å². The number of rotatable bonds is 12. The van der Waals surface area contributed by atoms with Crippen LogP contribution in [0.1, 0.15) is 18.9 Å². The van der Waals surface area contributed by atoms with Gasteiger partial charge in [0.1, 0.15) is 23.7 Å². The topological polar surface area (TPSA) is 136 Å². The number of sulfonamides is 1. The van der Waals surface area contributed by atoms with Crippen LogP contribution in [0.4, 0.5) is 5.69 Å². The van der Waals surface area contributed by atoms with Crippen LogP contribution in [0.3, 0.4) is 0 Å². The Morgan fingerprint density at radius 3 is 2.03 bits per heavy atom. The van der Waals surface area contributed by atoms with Gasteiger partial charge in [-0.15, -0.1) is 0 Å². The Morgan fingerprint density at radius 1 is 0.857 bits per heavy atom. The first kappa shape index (κ1) is 27.3. The molecule has 12 heteroatoms. The zero-order valence-corrected chi connectivity index (χ0v) is 20.8. The van der Waals surface area contributed by atoms with E-state index >= 15 is 0 Å². The van der Waals surface area contributed by atoms with Gasteiger partial charge in [0.25, 0.3) is 10.0 Å². The lowest BCUT2D eigenvalue weighted by Crippen LogP contribution is -2.16. The minimum Gasteiger partial charge on any atom is -0.496 e. The average Bonchev–Trinajstić information content (AvgIpc) is 2.82. The van der Waals surface area contributed by atoms with Gasteiger partial charge in [-0.1, -0.05) is 0 Å². The molecule has 0 spiro atoms. The summed E-state index contributed by atoms with van der Waals surface area (Å²) in [7, 11) is 1.67. The predicted octanol–water partition coefficient (Wildman–Crippen LogP) is 2.99. The van der Waals surface area contributed by atoms with Crippen LogP contribution in [0.2, 0.25) is 0 Å². The fourth-order valence-corrected chi connectivity index (χ4v) is 3.70. The number of ether oxygens (including phenoxy) is 6. The molecule has 0 saturated carbocycles. The molecule has 2 aromatic carbocycles. The van der Waals surface area contributed by atoms with Gasteiger partial charge < -0.3 is 28.4 Å². The molecule has 0 amide bonds. The van der Waals surface area contributed by atoms with E-state index in [0.717, 1.165) is 5.41 Å². The van der Waals surface area contributed by atoms with E-state index in [-0.39, 0.29) is 23.8 Å². The van der Waals surface area contributed by atoms with Crippen molar-refractivity contribution in [3.8, 4) is 28.7 Å². The maximum atomic E-state index is 12.7. The Morgan fingerprint density at radius 2 is 1.49 bits per heavy atom. The Kier molecular flexibility index (Phi) is 9.76. The lowest BCUT2D eigenvalue weighted by atomic mass is 10.1. The zero-order chi connectivity index (χ0) is 26.0. The van der Waals surface area contributed by atoms with Crippen molar-refractivity contribution in [3.05, 3.63) is 41.3 Å². The Bertz CT molecular complexity index is 1170. The van der Waals surface area contributed by atoms with E-state index in [1.54, 1.807) is 19.1 Å². The first-order valence-electron chi connectivity index (χ1n) is 10.2. The van der Waals surface area contributed by atoms with Crippen LogP contribution in [-0.2, 0) is 24.3 Å². The molecule has 35 heavy (non-hydrogen) atoms. The smallest absolute Gasteiger partial charge is 0.322 e. The predicted molar refractivity (Wildman–Crippen MR) is 128 cm³/mol. The molecular weight excluding hydrogens is 482 g/mol. The summed E-state index contributed by atoms with van der Waals surface area (Å²) in [6, 6.07) is 7.25. The molecule has 0 fully saturated rings. The van der Waals surface area contributed by atoms with Gasteiger partial charge >= 0.3 is 11.9 Å². The van der Waals surface area contributed by atoms with Crippen LogP contribution >= 0.6 is 0 Å². The molecular formula is C23H27NO10S. The molecule has 0 atom stereocenters. The number of hydrogen-bond acceptors (Lipinski definition) is 10. The third-order valence-electron chi connectivity index (χ3n) is 4.41. The summed E-state index contributed by atoms with van der Waals surface area (Å²) in [5.41, 5.74) is 0.465. The molecule has 0 saturated heterocycles. The minimum absolute atomic E-state index is 0.0792. The van der Waals surface area contributed by atoms with Gasteiger partial charge in [-0.25, -0.2) is 8.42 Å². The summed E-state index contributed by atoms with van der Waals surface area (Å²) in [5.74, 6) is -0.401. The van der Waals surface area contributed by atoms with E-state index in [0.29, 0.717) is 22.8 Å². The molecule has 0 radical (unpaired) electrons. The largest absolute Gasteiger partial charge is 0.496 e. The van der Waals surface area contributed by atoms with E-state index in [4.69, 9.17) is 28.4 Å². The van der Waals surface area contributed by atoms with Crippen molar-refractivity contribution in [2.24, 2.45) is 0 Å². The second-order valence-electron chi connectivity index (χ2n) is 6.72. The molecule has 0 aromatic heterocycles. The number of hydrogen-bond donors (Lipinski definition) is 1. The number of methoxy groups -OCH3 is 4. The third kappa shape index (κ3) is 7.81. The van der Waals surface area contributed by atoms with E-state index < -0.39 is 28.4 Å². The second kappa shape index (κ2) is 12.5. The summed E-state index contributed by atoms with van der Waals surface area (Å²) in [4.78, 5) is 23.5. The van der Waals surface area contributed by atoms with Gasteiger partial charge in [0.15, 0.2) is 11.5 Å². The number of anilines is 1. The number of benzene rings is 2. The molecule has 0 aliphatic rings. The van der Waals surface area contributed by atoms with Crippen molar-refractivity contribution < 1.29 is 46.4 Å². The fourth-order valence-electron chi connectivity index (χ4n) is 2.86. The van der Waals surface area contributed by atoms with Gasteiger partial charge in [-0.05, 0) is 25.1 Å². The lowest BCUT2D eigenvalue weighted by Gasteiger charge is -2.13. The highest BCUT2D eigenvalue weighted by Crippen LogP contribution is 2.35. The van der Waals surface area contributed by atoms with Crippen LogP contribution in [0.15, 0.2) is 35.7 Å². The first-order valence-corrected chi connectivity index (χ1v) is 11.8. The zero-order valence-electron chi connectivity index (χ0n) is 19.9. The molecule has 2 aromatic rings. The molecule has 0 aliphatic carbocycles. The van der Waals surface area contributed by atoms with Gasteiger partial charge in [-0.2, -0.15) is 0 Å². The lowest BCUT2D eigenvalue weighted by molar-refractivity contribution is -0.149. The molecule has 0 unspecified atom stereocenters. The number of nitrogens with one attached hydrogen (secondary N) is 1. The monoisotopic (exact) mass is 509 g/mol. The highest BCUT2D eigenvalue weighted by atomic mass is 32.2. The summed E-state index contributed by atoms with van der Waals surface area (Å²) in [6.07, 6.45) is 0.699. The standard InChI is InChI=1S/C23H27NO10S/c1-6-33-22(25)14-23(26)34-21-11-15(7-8-18(21)30-3)24-35(27,28)10-9-17-19(31-4)12-16(29-2)13-20(17)32-5/h7-13,24H,6,14H2,1-5H3. The molecule has 0 heterocycles. The summed E-state index contributed by atoms with van der Waals surface area (Å²) in [6.45, 7) is 1.73. The normalized spacial score (nSPS) is 11.0. The van der Waals surface area contributed by atoms with Crippen molar-refractivity contribution in [3.63, 3.8) is 0 Å². The van der Waals surface area contributed by atoms with E-state index in [2.05, 4.69) is 4.72 Å². The quantitative estimate of drug-likeness (QED) is 0.258. The van der Waals surface area contributed by atoms with E-state index in [9.17, 15) is 18.0 Å².